The van der Waals surface area contributed by atoms with E-state index in [2.05, 4.69) is 18.0 Å². The van der Waals surface area contributed by atoms with Gasteiger partial charge < -0.3 is 10.2 Å². The number of hydrogen-bond donors (Lipinski definition) is 1. The summed E-state index contributed by atoms with van der Waals surface area (Å²) in [6.07, 6.45) is 1.80. The third-order valence-electron chi connectivity index (χ3n) is 4.16. The number of carbonyl (C=O) groups is 2. The lowest BCUT2D eigenvalue weighted by atomic mass is 10.1. The van der Waals surface area contributed by atoms with E-state index in [1.54, 1.807) is 46.6 Å². The highest BCUT2D eigenvalue weighted by molar-refractivity contribution is 7.09. The van der Waals surface area contributed by atoms with Crippen LogP contribution in [-0.2, 0) is 11.3 Å². The van der Waals surface area contributed by atoms with Crippen LogP contribution >= 0.6 is 11.3 Å². The Kier molecular flexibility index (Phi) is 8.23. The Labute approximate surface area is 165 Å². The van der Waals surface area contributed by atoms with Gasteiger partial charge in [-0.15, -0.1) is 17.9 Å². The number of thiophene rings is 1. The first-order valence-electron chi connectivity index (χ1n) is 9.12. The van der Waals surface area contributed by atoms with Crippen molar-refractivity contribution in [3.05, 3.63) is 64.9 Å². The SMILES string of the molecule is C=CCN(CC(=O)Nc1cccc(C(=O)N(CC)CC)c1)Cc1cccs1. The molecule has 0 bridgehead atoms. The minimum Gasteiger partial charge on any atom is -0.339 e. The fourth-order valence-corrected chi connectivity index (χ4v) is 3.56. The third-order valence-corrected chi connectivity index (χ3v) is 5.02. The first-order valence-corrected chi connectivity index (χ1v) is 10.00. The Hall–Kier alpha value is -2.44. The van der Waals surface area contributed by atoms with Crippen molar-refractivity contribution in [1.29, 1.82) is 0 Å². The normalized spacial score (nSPS) is 10.6. The molecule has 0 saturated carbocycles. The highest BCUT2D eigenvalue weighted by Crippen LogP contribution is 2.14. The van der Waals surface area contributed by atoms with E-state index in [-0.39, 0.29) is 18.4 Å². The number of hydrogen-bond acceptors (Lipinski definition) is 4. The van der Waals surface area contributed by atoms with Crippen LogP contribution in [-0.4, -0.2) is 47.8 Å². The molecule has 0 fully saturated rings. The molecule has 6 heteroatoms. The molecule has 0 atom stereocenters. The first kappa shape index (κ1) is 20.9. The molecular weight excluding hydrogens is 358 g/mol. The van der Waals surface area contributed by atoms with E-state index in [4.69, 9.17) is 0 Å². The van der Waals surface area contributed by atoms with Crippen molar-refractivity contribution in [3.8, 4) is 0 Å². The average molecular weight is 386 g/mol. The van der Waals surface area contributed by atoms with Gasteiger partial charge >= 0.3 is 0 Å². The summed E-state index contributed by atoms with van der Waals surface area (Å²) in [5, 5.41) is 4.93. The Bertz CT molecular complexity index is 755. The molecule has 27 heavy (non-hydrogen) atoms. The summed E-state index contributed by atoms with van der Waals surface area (Å²) in [6, 6.07) is 11.2. The molecule has 0 radical (unpaired) electrons. The zero-order valence-electron chi connectivity index (χ0n) is 16.0. The number of nitrogens with one attached hydrogen (secondary N) is 1. The quantitative estimate of drug-likeness (QED) is 0.632. The number of amides is 2. The van der Waals surface area contributed by atoms with Crippen LogP contribution in [0.1, 0.15) is 29.1 Å². The molecule has 5 nitrogen and oxygen atoms in total. The molecule has 1 aromatic heterocycles. The predicted octanol–water partition coefficient (Wildman–Crippen LogP) is 3.86. The van der Waals surface area contributed by atoms with Gasteiger partial charge in [-0.1, -0.05) is 18.2 Å². The molecule has 0 aliphatic rings. The lowest BCUT2D eigenvalue weighted by Gasteiger charge is -2.20. The fourth-order valence-electron chi connectivity index (χ4n) is 2.82. The van der Waals surface area contributed by atoms with E-state index >= 15 is 0 Å². The van der Waals surface area contributed by atoms with E-state index in [1.807, 2.05) is 30.2 Å². The molecule has 0 unspecified atom stereocenters. The van der Waals surface area contributed by atoms with Gasteiger partial charge in [0.15, 0.2) is 0 Å². The minimum atomic E-state index is -0.110. The smallest absolute Gasteiger partial charge is 0.253 e. The van der Waals surface area contributed by atoms with Crippen LogP contribution in [0, 0.1) is 0 Å². The number of carbonyl (C=O) groups excluding carboxylic acids is 2. The van der Waals surface area contributed by atoms with Gasteiger partial charge in [-0.2, -0.15) is 0 Å². The van der Waals surface area contributed by atoms with Crippen LogP contribution in [0.2, 0.25) is 0 Å². The fraction of sp³-hybridized carbons (Fsp3) is 0.333. The van der Waals surface area contributed by atoms with Crippen LogP contribution in [0.25, 0.3) is 0 Å². The number of anilines is 1. The second kappa shape index (κ2) is 10.6. The maximum atomic E-state index is 12.5. The summed E-state index contributed by atoms with van der Waals surface area (Å²) in [6.45, 7) is 10.6. The Balaban J connectivity index is 2.00. The second-order valence-corrected chi connectivity index (χ2v) is 7.18. The van der Waals surface area contributed by atoms with Gasteiger partial charge in [-0.25, -0.2) is 0 Å². The topological polar surface area (TPSA) is 52.7 Å². The zero-order chi connectivity index (χ0) is 19.6. The molecular formula is C21H27N3O2S. The molecule has 0 saturated heterocycles. The molecule has 2 amide bonds. The third kappa shape index (κ3) is 6.34. The molecule has 1 N–H and O–H groups in total. The monoisotopic (exact) mass is 385 g/mol. The molecule has 0 aliphatic carbocycles. The highest BCUT2D eigenvalue weighted by atomic mass is 32.1. The summed E-state index contributed by atoms with van der Waals surface area (Å²) >= 11 is 1.67. The Morgan fingerprint density at radius 1 is 1.19 bits per heavy atom. The lowest BCUT2D eigenvalue weighted by molar-refractivity contribution is -0.117. The van der Waals surface area contributed by atoms with Gasteiger partial charge in [0.25, 0.3) is 5.91 Å². The average Bonchev–Trinajstić information content (AvgIpc) is 3.16. The van der Waals surface area contributed by atoms with Gasteiger partial charge in [-0.3, -0.25) is 14.5 Å². The summed E-state index contributed by atoms with van der Waals surface area (Å²) in [4.78, 5) is 29.9. The van der Waals surface area contributed by atoms with E-state index in [0.717, 1.165) is 0 Å². The standard InChI is InChI=1S/C21H27N3O2S/c1-4-12-23(15-19-11-8-13-27-19)16-20(25)22-18-10-7-9-17(14-18)21(26)24(5-2)6-3/h4,7-11,13-14H,1,5-6,12,15-16H2,2-3H3,(H,22,25). The summed E-state index contributed by atoms with van der Waals surface area (Å²) in [7, 11) is 0. The molecule has 2 aromatic rings. The van der Waals surface area contributed by atoms with Crippen molar-refractivity contribution < 1.29 is 9.59 Å². The van der Waals surface area contributed by atoms with Crippen molar-refractivity contribution in [2.24, 2.45) is 0 Å². The summed E-state index contributed by atoms with van der Waals surface area (Å²) < 4.78 is 0. The van der Waals surface area contributed by atoms with E-state index < -0.39 is 0 Å². The summed E-state index contributed by atoms with van der Waals surface area (Å²) in [5.41, 5.74) is 1.21. The maximum absolute atomic E-state index is 12.5. The Morgan fingerprint density at radius 2 is 1.96 bits per heavy atom. The zero-order valence-corrected chi connectivity index (χ0v) is 16.8. The molecule has 2 rings (SSSR count). The maximum Gasteiger partial charge on any atom is 0.253 e. The molecule has 1 aromatic carbocycles. The molecule has 0 spiro atoms. The van der Waals surface area contributed by atoms with Crippen molar-refractivity contribution in [2.75, 3.05) is 31.5 Å². The first-order chi connectivity index (χ1) is 13.1. The molecule has 0 aliphatic heterocycles. The number of nitrogens with zero attached hydrogens (tertiary/aromatic N) is 2. The largest absolute Gasteiger partial charge is 0.339 e. The predicted molar refractivity (Wildman–Crippen MR) is 112 cm³/mol. The van der Waals surface area contributed by atoms with E-state index in [0.29, 0.717) is 37.4 Å². The van der Waals surface area contributed by atoms with E-state index in [9.17, 15) is 9.59 Å². The van der Waals surface area contributed by atoms with Crippen LogP contribution in [0.4, 0.5) is 5.69 Å². The van der Waals surface area contributed by atoms with Gasteiger partial charge in [0.1, 0.15) is 0 Å². The Morgan fingerprint density at radius 3 is 2.59 bits per heavy atom. The van der Waals surface area contributed by atoms with Crippen molar-refractivity contribution in [2.45, 2.75) is 20.4 Å². The number of rotatable bonds is 10. The van der Waals surface area contributed by atoms with Crippen molar-refractivity contribution in [3.63, 3.8) is 0 Å². The van der Waals surface area contributed by atoms with Crippen LogP contribution in [0.5, 0.6) is 0 Å². The lowest BCUT2D eigenvalue weighted by Crippen LogP contribution is -2.33. The summed E-state index contributed by atoms with van der Waals surface area (Å²) in [5.74, 6) is -0.136. The minimum absolute atomic E-state index is 0.0259. The van der Waals surface area contributed by atoms with Crippen LogP contribution < -0.4 is 5.32 Å². The van der Waals surface area contributed by atoms with Gasteiger partial charge in [0.05, 0.1) is 6.54 Å². The second-order valence-electron chi connectivity index (χ2n) is 6.14. The van der Waals surface area contributed by atoms with Gasteiger partial charge in [0, 0.05) is 42.3 Å². The van der Waals surface area contributed by atoms with Gasteiger partial charge in [-0.05, 0) is 43.5 Å². The highest BCUT2D eigenvalue weighted by Gasteiger charge is 2.14. The van der Waals surface area contributed by atoms with E-state index in [1.165, 1.54) is 4.88 Å². The number of benzene rings is 1. The van der Waals surface area contributed by atoms with Crippen molar-refractivity contribution >= 4 is 28.8 Å². The van der Waals surface area contributed by atoms with Crippen LogP contribution in [0.3, 0.4) is 0 Å². The molecule has 144 valence electrons. The van der Waals surface area contributed by atoms with Gasteiger partial charge in [0.2, 0.25) is 5.91 Å². The molecule has 1 heterocycles. The van der Waals surface area contributed by atoms with Crippen LogP contribution in [0.15, 0.2) is 54.4 Å². The van der Waals surface area contributed by atoms with Crippen molar-refractivity contribution in [1.82, 2.24) is 9.80 Å².